The van der Waals surface area contributed by atoms with E-state index in [9.17, 15) is 14.7 Å². The predicted octanol–water partition coefficient (Wildman–Crippen LogP) is 3.04. The summed E-state index contributed by atoms with van der Waals surface area (Å²) in [7, 11) is 1.71. The molecule has 6 heteroatoms. The molecule has 0 spiro atoms. The van der Waals surface area contributed by atoms with Gasteiger partial charge in [0.05, 0.1) is 16.8 Å². The molecule has 3 rings (SSSR count). The molecule has 3 aromatic rings. The number of carboxylic acid groups (broad SMARTS) is 1. The first-order valence-corrected chi connectivity index (χ1v) is 7.29. The maximum Gasteiger partial charge on any atom is 0.336 e. The Labute approximate surface area is 138 Å². The summed E-state index contributed by atoms with van der Waals surface area (Å²) in [6, 6.07) is 17.4. The van der Waals surface area contributed by atoms with Gasteiger partial charge in [-0.05, 0) is 12.1 Å². The van der Waals surface area contributed by atoms with E-state index >= 15 is 0 Å². The van der Waals surface area contributed by atoms with E-state index in [-0.39, 0.29) is 11.1 Å². The summed E-state index contributed by atoms with van der Waals surface area (Å²) < 4.78 is 1.55. The van der Waals surface area contributed by atoms with Crippen molar-refractivity contribution in [3.63, 3.8) is 0 Å². The van der Waals surface area contributed by atoms with Crippen molar-refractivity contribution in [2.75, 3.05) is 5.32 Å². The number of hydrogen-bond donors (Lipinski definition) is 2. The number of carbonyl (C=O) groups excluding carboxylic acids is 1. The normalized spacial score (nSPS) is 10.4. The maximum atomic E-state index is 12.4. The lowest BCUT2D eigenvalue weighted by atomic mass is 10.1. The molecule has 1 amide bonds. The Kier molecular flexibility index (Phi) is 4.11. The van der Waals surface area contributed by atoms with Crippen molar-refractivity contribution in [2.24, 2.45) is 7.05 Å². The van der Waals surface area contributed by atoms with Gasteiger partial charge in [0.15, 0.2) is 0 Å². The summed E-state index contributed by atoms with van der Waals surface area (Å²) in [6.45, 7) is 0. The third kappa shape index (κ3) is 3.03. The van der Waals surface area contributed by atoms with Crippen molar-refractivity contribution < 1.29 is 14.7 Å². The average Bonchev–Trinajstić information content (AvgIpc) is 2.96. The lowest BCUT2D eigenvalue weighted by Gasteiger charge is -2.07. The molecule has 120 valence electrons. The highest BCUT2D eigenvalue weighted by molar-refractivity contribution is 6.10. The van der Waals surface area contributed by atoms with Crippen LogP contribution in [-0.2, 0) is 7.05 Å². The van der Waals surface area contributed by atoms with Gasteiger partial charge < -0.3 is 10.4 Å². The van der Waals surface area contributed by atoms with Crippen molar-refractivity contribution in [3.8, 4) is 11.3 Å². The first-order valence-electron chi connectivity index (χ1n) is 7.29. The monoisotopic (exact) mass is 321 g/mol. The van der Waals surface area contributed by atoms with E-state index in [2.05, 4.69) is 10.4 Å². The van der Waals surface area contributed by atoms with E-state index in [0.717, 1.165) is 11.3 Å². The number of carbonyl (C=O) groups is 2. The molecule has 0 aliphatic rings. The van der Waals surface area contributed by atoms with Crippen molar-refractivity contribution in [3.05, 3.63) is 71.8 Å². The molecule has 0 saturated heterocycles. The fourth-order valence-electron chi connectivity index (χ4n) is 2.39. The first-order chi connectivity index (χ1) is 11.6. The summed E-state index contributed by atoms with van der Waals surface area (Å²) in [5.41, 5.74) is 1.72. The Hall–Kier alpha value is -3.41. The van der Waals surface area contributed by atoms with Gasteiger partial charge >= 0.3 is 5.97 Å². The predicted molar refractivity (Wildman–Crippen MR) is 90.0 cm³/mol. The quantitative estimate of drug-likeness (QED) is 0.773. The average molecular weight is 321 g/mol. The van der Waals surface area contributed by atoms with Crippen LogP contribution in [0, 0.1) is 0 Å². The molecule has 0 radical (unpaired) electrons. The van der Waals surface area contributed by atoms with Crippen LogP contribution < -0.4 is 5.32 Å². The van der Waals surface area contributed by atoms with Crippen molar-refractivity contribution in [1.82, 2.24) is 9.78 Å². The Morgan fingerprint density at radius 2 is 1.62 bits per heavy atom. The molecule has 0 atom stereocenters. The van der Waals surface area contributed by atoms with E-state index in [1.54, 1.807) is 29.9 Å². The number of rotatable bonds is 4. The zero-order valence-corrected chi connectivity index (χ0v) is 12.9. The number of aromatic carboxylic acids is 1. The molecule has 0 aliphatic heterocycles. The van der Waals surface area contributed by atoms with Crippen LogP contribution in [0.2, 0.25) is 0 Å². The van der Waals surface area contributed by atoms with Crippen LogP contribution in [0.1, 0.15) is 20.7 Å². The standard InChI is InChI=1S/C18H15N3O3/c1-21-16(11-15(20-21)12-7-3-2-4-8-12)19-17(22)13-9-5-6-10-14(13)18(23)24/h2-11H,1H3,(H,19,22)(H,23,24). The van der Waals surface area contributed by atoms with Gasteiger partial charge in [0.2, 0.25) is 0 Å². The molecule has 2 aromatic carbocycles. The molecule has 1 heterocycles. The summed E-state index contributed by atoms with van der Waals surface area (Å²) in [6.07, 6.45) is 0. The molecule has 0 unspecified atom stereocenters. The van der Waals surface area contributed by atoms with E-state index in [4.69, 9.17) is 0 Å². The van der Waals surface area contributed by atoms with Gasteiger partial charge in [-0.1, -0.05) is 42.5 Å². The fraction of sp³-hybridized carbons (Fsp3) is 0.0556. The number of hydrogen-bond acceptors (Lipinski definition) is 3. The minimum absolute atomic E-state index is 0.0412. The number of nitrogens with one attached hydrogen (secondary N) is 1. The van der Waals surface area contributed by atoms with Crippen LogP contribution in [0.3, 0.4) is 0 Å². The molecular weight excluding hydrogens is 306 g/mol. The summed E-state index contributed by atoms with van der Waals surface area (Å²) in [4.78, 5) is 23.7. The molecule has 0 saturated carbocycles. The SMILES string of the molecule is Cn1nc(-c2ccccc2)cc1NC(=O)c1ccccc1C(=O)O. The van der Waals surface area contributed by atoms with Gasteiger partial charge in [-0.15, -0.1) is 0 Å². The number of nitrogens with zero attached hydrogens (tertiary/aromatic N) is 2. The lowest BCUT2D eigenvalue weighted by Crippen LogP contribution is -2.18. The van der Waals surface area contributed by atoms with Gasteiger partial charge in [0.25, 0.3) is 5.91 Å². The van der Waals surface area contributed by atoms with Gasteiger partial charge in [0.1, 0.15) is 5.82 Å². The second kappa shape index (κ2) is 6.37. The van der Waals surface area contributed by atoms with E-state index in [1.165, 1.54) is 12.1 Å². The van der Waals surface area contributed by atoms with E-state index < -0.39 is 11.9 Å². The molecule has 24 heavy (non-hydrogen) atoms. The lowest BCUT2D eigenvalue weighted by molar-refractivity contribution is 0.0692. The van der Waals surface area contributed by atoms with Crippen molar-refractivity contribution in [1.29, 1.82) is 0 Å². The van der Waals surface area contributed by atoms with E-state index in [1.807, 2.05) is 30.3 Å². The van der Waals surface area contributed by atoms with Gasteiger partial charge in [-0.25, -0.2) is 4.79 Å². The summed E-state index contributed by atoms with van der Waals surface area (Å²) in [5, 5.41) is 16.3. The Morgan fingerprint density at radius 1 is 1.00 bits per heavy atom. The van der Waals surface area contributed by atoms with Crippen LogP contribution in [0.25, 0.3) is 11.3 Å². The molecule has 6 nitrogen and oxygen atoms in total. The highest BCUT2D eigenvalue weighted by Gasteiger charge is 2.17. The smallest absolute Gasteiger partial charge is 0.336 e. The van der Waals surface area contributed by atoms with Crippen LogP contribution >= 0.6 is 0 Å². The summed E-state index contributed by atoms with van der Waals surface area (Å²) in [5.74, 6) is -1.15. The Bertz CT molecular complexity index is 901. The van der Waals surface area contributed by atoms with Crippen LogP contribution in [0.4, 0.5) is 5.82 Å². The van der Waals surface area contributed by atoms with Gasteiger partial charge in [-0.2, -0.15) is 5.10 Å². The highest BCUT2D eigenvalue weighted by atomic mass is 16.4. The Balaban J connectivity index is 1.88. The van der Waals surface area contributed by atoms with Crippen molar-refractivity contribution >= 4 is 17.7 Å². The number of aromatic nitrogens is 2. The highest BCUT2D eigenvalue weighted by Crippen LogP contribution is 2.21. The number of aryl methyl sites for hydroxylation is 1. The molecule has 1 aromatic heterocycles. The molecule has 0 bridgehead atoms. The zero-order chi connectivity index (χ0) is 17.1. The molecule has 0 fully saturated rings. The topological polar surface area (TPSA) is 84.2 Å². The van der Waals surface area contributed by atoms with Crippen LogP contribution in [0.5, 0.6) is 0 Å². The minimum atomic E-state index is -1.14. The molecule has 0 aliphatic carbocycles. The zero-order valence-electron chi connectivity index (χ0n) is 12.9. The number of carboxylic acids is 1. The second-order valence-electron chi connectivity index (χ2n) is 5.21. The largest absolute Gasteiger partial charge is 0.478 e. The molecular formula is C18H15N3O3. The molecule has 2 N–H and O–H groups in total. The third-order valence-electron chi connectivity index (χ3n) is 3.59. The van der Waals surface area contributed by atoms with Gasteiger partial charge in [0, 0.05) is 18.7 Å². The number of benzene rings is 2. The number of amides is 1. The van der Waals surface area contributed by atoms with Crippen molar-refractivity contribution in [2.45, 2.75) is 0 Å². The fourth-order valence-corrected chi connectivity index (χ4v) is 2.39. The first kappa shape index (κ1) is 15.5. The second-order valence-corrected chi connectivity index (χ2v) is 5.21. The summed E-state index contributed by atoms with van der Waals surface area (Å²) >= 11 is 0. The Morgan fingerprint density at radius 3 is 2.29 bits per heavy atom. The van der Waals surface area contributed by atoms with Crippen LogP contribution in [0.15, 0.2) is 60.7 Å². The minimum Gasteiger partial charge on any atom is -0.478 e. The third-order valence-corrected chi connectivity index (χ3v) is 3.59. The number of anilines is 1. The van der Waals surface area contributed by atoms with E-state index in [0.29, 0.717) is 5.82 Å². The maximum absolute atomic E-state index is 12.4. The van der Waals surface area contributed by atoms with Crippen LogP contribution in [-0.4, -0.2) is 26.8 Å². The van der Waals surface area contributed by atoms with Gasteiger partial charge in [-0.3, -0.25) is 9.48 Å².